The van der Waals surface area contributed by atoms with Crippen LogP contribution in [0.3, 0.4) is 0 Å². The van der Waals surface area contributed by atoms with E-state index in [-0.39, 0.29) is 5.92 Å². The van der Waals surface area contributed by atoms with Gasteiger partial charge in [-0.05, 0) is 18.1 Å². The Balaban J connectivity index is 2.71. The third kappa shape index (κ3) is 4.38. The van der Waals surface area contributed by atoms with Gasteiger partial charge >= 0.3 is 6.18 Å². The van der Waals surface area contributed by atoms with Gasteiger partial charge < -0.3 is 4.74 Å². The van der Waals surface area contributed by atoms with Crippen LogP contribution in [0, 0.1) is 0 Å². The lowest BCUT2D eigenvalue weighted by Gasteiger charge is -2.14. The summed E-state index contributed by atoms with van der Waals surface area (Å²) in [5.74, 6) is -0.0242. The second-order valence-electron chi connectivity index (χ2n) is 4.10. The van der Waals surface area contributed by atoms with Gasteiger partial charge in [-0.15, -0.1) is 0 Å². The molecule has 0 aromatic heterocycles. The van der Waals surface area contributed by atoms with E-state index in [1.807, 2.05) is 13.8 Å². The summed E-state index contributed by atoms with van der Waals surface area (Å²) in [7, 11) is 0. The lowest BCUT2D eigenvalue weighted by atomic mass is 10.00. The third-order valence-corrected chi connectivity index (χ3v) is 2.50. The summed E-state index contributed by atoms with van der Waals surface area (Å²) in [6.45, 7) is 4.96. The smallest absolute Gasteiger partial charge is 0.381 e. The molecule has 0 aliphatic carbocycles. The van der Waals surface area contributed by atoms with Crippen molar-refractivity contribution >= 4 is 0 Å². The lowest BCUT2D eigenvalue weighted by Crippen LogP contribution is -2.09. The second kappa shape index (κ2) is 6.05. The summed E-state index contributed by atoms with van der Waals surface area (Å²) in [5.41, 5.74) is 0.0632. The van der Waals surface area contributed by atoms with Crippen molar-refractivity contribution in [1.82, 2.24) is 0 Å². The summed E-state index contributed by atoms with van der Waals surface area (Å²) in [4.78, 5) is 0. The summed E-state index contributed by atoms with van der Waals surface area (Å²) in [6.07, 6.45) is -3.37. The van der Waals surface area contributed by atoms with E-state index in [1.54, 1.807) is 6.07 Å². The van der Waals surface area contributed by atoms with Crippen LogP contribution in [-0.2, 0) is 10.9 Å². The van der Waals surface area contributed by atoms with E-state index in [0.717, 1.165) is 12.5 Å². The number of rotatable bonds is 5. The highest BCUT2D eigenvalue weighted by molar-refractivity contribution is 5.28. The molecule has 0 spiro atoms. The molecule has 0 aliphatic rings. The standard InChI is InChI=1S/C13H17F3O/c1-3-7-17-9-10(2)11-5-4-6-12(8-11)13(14,15)16/h4-6,8,10H,3,7,9H2,1-2H3/t10-/m1/s1. The predicted molar refractivity (Wildman–Crippen MR) is 61.0 cm³/mol. The van der Waals surface area contributed by atoms with Crippen molar-refractivity contribution in [3.05, 3.63) is 35.4 Å². The minimum absolute atomic E-state index is 0.0242. The van der Waals surface area contributed by atoms with Gasteiger partial charge in [0.1, 0.15) is 0 Å². The third-order valence-electron chi connectivity index (χ3n) is 2.50. The summed E-state index contributed by atoms with van der Waals surface area (Å²) in [6, 6.07) is 5.42. The molecule has 0 unspecified atom stereocenters. The fourth-order valence-corrected chi connectivity index (χ4v) is 1.52. The van der Waals surface area contributed by atoms with Crippen LogP contribution in [0.15, 0.2) is 24.3 Å². The Bertz CT molecular complexity index is 347. The van der Waals surface area contributed by atoms with Gasteiger partial charge in [0, 0.05) is 12.5 Å². The van der Waals surface area contributed by atoms with E-state index in [1.165, 1.54) is 12.1 Å². The Morgan fingerprint density at radius 2 is 2.00 bits per heavy atom. The monoisotopic (exact) mass is 246 g/mol. The van der Waals surface area contributed by atoms with Crippen LogP contribution in [0.2, 0.25) is 0 Å². The summed E-state index contributed by atoms with van der Waals surface area (Å²) >= 11 is 0. The number of ether oxygens (including phenoxy) is 1. The van der Waals surface area contributed by atoms with Crippen molar-refractivity contribution in [2.45, 2.75) is 32.4 Å². The molecule has 0 radical (unpaired) electrons. The molecule has 0 N–H and O–H groups in total. The molecule has 0 heterocycles. The number of alkyl halides is 3. The molecule has 0 saturated carbocycles. The molecule has 96 valence electrons. The maximum absolute atomic E-state index is 12.5. The zero-order valence-corrected chi connectivity index (χ0v) is 10.1. The van der Waals surface area contributed by atoms with Crippen LogP contribution in [0.5, 0.6) is 0 Å². The zero-order chi connectivity index (χ0) is 12.9. The average Bonchev–Trinajstić information content (AvgIpc) is 2.28. The summed E-state index contributed by atoms with van der Waals surface area (Å²) in [5, 5.41) is 0. The molecule has 1 aromatic carbocycles. The van der Waals surface area contributed by atoms with Crippen molar-refractivity contribution < 1.29 is 17.9 Å². The predicted octanol–water partition coefficient (Wildman–Crippen LogP) is 4.24. The maximum atomic E-state index is 12.5. The fourth-order valence-electron chi connectivity index (χ4n) is 1.52. The first-order valence-corrected chi connectivity index (χ1v) is 5.70. The molecular formula is C13H17F3O. The van der Waals surface area contributed by atoms with E-state index >= 15 is 0 Å². The van der Waals surface area contributed by atoms with Crippen LogP contribution in [-0.4, -0.2) is 13.2 Å². The first-order valence-electron chi connectivity index (χ1n) is 5.70. The van der Waals surface area contributed by atoms with Crippen LogP contribution in [0.4, 0.5) is 13.2 Å². The van der Waals surface area contributed by atoms with Gasteiger partial charge in [0.25, 0.3) is 0 Å². The quantitative estimate of drug-likeness (QED) is 0.706. The molecule has 0 bridgehead atoms. The average molecular weight is 246 g/mol. The highest BCUT2D eigenvalue weighted by atomic mass is 19.4. The van der Waals surface area contributed by atoms with E-state index in [2.05, 4.69) is 0 Å². The first-order chi connectivity index (χ1) is 7.95. The zero-order valence-electron chi connectivity index (χ0n) is 10.1. The fraction of sp³-hybridized carbons (Fsp3) is 0.538. The molecule has 1 rings (SSSR count). The highest BCUT2D eigenvalue weighted by Gasteiger charge is 2.30. The van der Waals surface area contributed by atoms with Crippen molar-refractivity contribution in [1.29, 1.82) is 0 Å². The Morgan fingerprint density at radius 3 is 2.59 bits per heavy atom. The van der Waals surface area contributed by atoms with Gasteiger partial charge in [-0.1, -0.05) is 32.0 Å². The lowest BCUT2D eigenvalue weighted by molar-refractivity contribution is -0.137. The van der Waals surface area contributed by atoms with E-state index in [9.17, 15) is 13.2 Å². The van der Waals surface area contributed by atoms with Crippen molar-refractivity contribution in [2.75, 3.05) is 13.2 Å². The van der Waals surface area contributed by atoms with Crippen molar-refractivity contribution in [3.8, 4) is 0 Å². The molecule has 1 atom stereocenters. The number of hydrogen-bond acceptors (Lipinski definition) is 1. The number of halogens is 3. The molecule has 0 amide bonds. The normalized spacial score (nSPS) is 13.7. The molecule has 1 nitrogen and oxygen atoms in total. The minimum Gasteiger partial charge on any atom is -0.381 e. The topological polar surface area (TPSA) is 9.23 Å². The van der Waals surface area contributed by atoms with Gasteiger partial charge in [0.15, 0.2) is 0 Å². The number of benzene rings is 1. The molecule has 0 aliphatic heterocycles. The molecular weight excluding hydrogens is 229 g/mol. The Morgan fingerprint density at radius 1 is 1.29 bits per heavy atom. The molecule has 4 heteroatoms. The van der Waals surface area contributed by atoms with Gasteiger partial charge in [-0.25, -0.2) is 0 Å². The Hall–Kier alpha value is -1.03. The van der Waals surface area contributed by atoms with E-state index in [0.29, 0.717) is 18.8 Å². The number of hydrogen-bond donors (Lipinski definition) is 0. The first kappa shape index (κ1) is 14.0. The summed E-state index contributed by atoms with van der Waals surface area (Å²) < 4.78 is 42.9. The van der Waals surface area contributed by atoms with Crippen LogP contribution < -0.4 is 0 Å². The molecule has 17 heavy (non-hydrogen) atoms. The van der Waals surface area contributed by atoms with Gasteiger partial charge in [0.05, 0.1) is 12.2 Å². The Kier molecular flexibility index (Phi) is 5.00. The van der Waals surface area contributed by atoms with Crippen molar-refractivity contribution in [2.24, 2.45) is 0 Å². The van der Waals surface area contributed by atoms with Crippen LogP contribution in [0.25, 0.3) is 0 Å². The molecule has 0 saturated heterocycles. The van der Waals surface area contributed by atoms with Crippen LogP contribution in [0.1, 0.15) is 37.3 Å². The van der Waals surface area contributed by atoms with E-state index < -0.39 is 11.7 Å². The van der Waals surface area contributed by atoms with Gasteiger partial charge in [0.2, 0.25) is 0 Å². The Labute approximate surface area is 99.6 Å². The van der Waals surface area contributed by atoms with Crippen LogP contribution >= 0.6 is 0 Å². The largest absolute Gasteiger partial charge is 0.416 e. The SMILES string of the molecule is CCCOC[C@@H](C)c1cccc(C(F)(F)F)c1. The highest BCUT2D eigenvalue weighted by Crippen LogP contribution is 2.31. The molecule has 0 fully saturated rings. The van der Waals surface area contributed by atoms with Crippen molar-refractivity contribution in [3.63, 3.8) is 0 Å². The maximum Gasteiger partial charge on any atom is 0.416 e. The second-order valence-corrected chi connectivity index (χ2v) is 4.10. The van der Waals surface area contributed by atoms with Gasteiger partial charge in [-0.3, -0.25) is 0 Å². The minimum atomic E-state index is -4.28. The van der Waals surface area contributed by atoms with Gasteiger partial charge in [-0.2, -0.15) is 13.2 Å². The van der Waals surface area contributed by atoms with E-state index in [4.69, 9.17) is 4.74 Å². The molecule has 1 aromatic rings.